The standard InChI is InChI=1S/C20H22O5/c1-12-5-4-6-13(2)10-17(25-20(22)15-7-8-23-11-15)18-14(3)19(21)24-16(18)9-12/h6-9,11,16-18H,3-5,10H2,1-2H3/b12-9?,13-6+/t16-,17-,18+/m1/s1. The summed E-state index contributed by atoms with van der Waals surface area (Å²) in [5, 5.41) is 0. The topological polar surface area (TPSA) is 65.7 Å². The molecule has 1 aliphatic carbocycles. The number of hydrogen-bond donors (Lipinski definition) is 0. The van der Waals surface area contributed by atoms with Crippen molar-refractivity contribution < 1.29 is 23.5 Å². The molecule has 0 radical (unpaired) electrons. The van der Waals surface area contributed by atoms with Crippen LogP contribution >= 0.6 is 0 Å². The summed E-state index contributed by atoms with van der Waals surface area (Å²) < 4.78 is 16.2. The summed E-state index contributed by atoms with van der Waals surface area (Å²) in [6, 6.07) is 1.55. The summed E-state index contributed by atoms with van der Waals surface area (Å²) in [5.41, 5.74) is 2.96. The number of hydrogen-bond acceptors (Lipinski definition) is 5. The van der Waals surface area contributed by atoms with Gasteiger partial charge in [-0.2, -0.15) is 0 Å². The minimum atomic E-state index is -0.523. The molecular weight excluding hydrogens is 320 g/mol. The predicted octanol–water partition coefficient (Wildman–Crippen LogP) is 3.98. The zero-order valence-corrected chi connectivity index (χ0v) is 14.5. The Hall–Kier alpha value is -2.56. The maximum atomic E-state index is 12.4. The molecular formula is C20H22O5. The number of furan rings is 1. The highest BCUT2D eigenvalue weighted by atomic mass is 16.6. The molecule has 1 aromatic rings. The fraction of sp³-hybridized carbons (Fsp3) is 0.400. The van der Waals surface area contributed by atoms with Gasteiger partial charge < -0.3 is 13.9 Å². The lowest BCUT2D eigenvalue weighted by atomic mass is 9.85. The summed E-state index contributed by atoms with van der Waals surface area (Å²) in [5.74, 6) is -1.29. The lowest BCUT2D eigenvalue weighted by Gasteiger charge is -2.27. The van der Waals surface area contributed by atoms with E-state index in [-0.39, 0.29) is 5.92 Å². The molecule has 2 aliphatic rings. The molecule has 1 aromatic heterocycles. The molecule has 0 spiro atoms. The van der Waals surface area contributed by atoms with Gasteiger partial charge in [-0.25, -0.2) is 9.59 Å². The van der Waals surface area contributed by atoms with Crippen molar-refractivity contribution in [3.8, 4) is 0 Å². The Balaban J connectivity index is 1.93. The Morgan fingerprint density at radius 1 is 1.32 bits per heavy atom. The molecule has 0 N–H and O–H groups in total. The smallest absolute Gasteiger partial charge is 0.341 e. The van der Waals surface area contributed by atoms with Crippen LogP contribution in [0.4, 0.5) is 0 Å². The summed E-state index contributed by atoms with van der Waals surface area (Å²) in [6.07, 6.45) is 8.24. The van der Waals surface area contributed by atoms with Crippen molar-refractivity contribution in [3.63, 3.8) is 0 Å². The van der Waals surface area contributed by atoms with Gasteiger partial charge in [0.05, 0.1) is 17.7 Å². The Kier molecular flexibility index (Phi) is 4.93. The van der Waals surface area contributed by atoms with E-state index in [9.17, 15) is 9.59 Å². The molecule has 2 heterocycles. The number of carbonyl (C=O) groups excluding carboxylic acids is 2. The van der Waals surface area contributed by atoms with Gasteiger partial charge in [-0.05, 0) is 38.8 Å². The normalized spacial score (nSPS) is 29.1. The van der Waals surface area contributed by atoms with Gasteiger partial charge in [-0.15, -0.1) is 0 Å². The third kappa shape index (κ3) is 3.76. The molecule has 0 amide bonds. The first kappa shape index (κ1) is 17.3. The van der Waals surface area contributed by atoms with Gasteiger partial charge in [0.15, 0.2) is 0 Å². The van der Waals surface area contributed by atoms with Crippen molar-refractivity contribution in [2.75, 3.05) is 0 Å². The first-order valence-corrected chi connectivity index (χ1v) is 8.41. The van der Waals surface area contributed by atoms with E-state index in [2.05, 4.69) is 12.7 Å². The lowest BCUT2D eigenvalue weighted by Crippen LogP contribution is -2.33. The van der Waals surface area contributed by atoms with Gasteiger partial charge >= 0.3 is 11.9 Å². The Morgan fingerprint density at radius 2 is 2.12 bits per heavy atom. The van der Waals surface area contributed by atoms with Crippen LogP contribution in [0, 0.1) is 5.92 Å². The second-order valence-corrected chi connectivity index (χ2v) is 6.68. The van der Waals surface area contributed by atoms with E-state index < -0.39 is 24.1 Å². The number of allylic oxidation sites excluding steroid dienone is 2. The van der Waals surface area contributed by atoms with E-state index >= 15 is 0 Å². The van der Waals surface area contributed by atoms with Gasteiger partial charge in [-0.1, -0.05) is 23.8 Å². The molecule has 25 heavy (non-hydrogen) atoms. The van der Waals surface area contributed by atoms with E-state index in [0.29, 0.717) is 17.6 Å². The van der Waals surface area contributed by atoms with Crippen LogP contribution in [0.25, 0.3) is 0 Å². The van der Waals surface area contributed by atoms with Crippen LogP contribution in [0.5, 0.6) is 0 Å². The molecule has 132 valence electrons. The summed E-state index contributed by atoms with van der Waals surface area (Å²) >= 11 is 0. The Morgan fingerprint density at radius 3 is 2.84 bits per heavy atom. The number of ether oxygens (including phenoxy) is 2. The Labute approximate surface area is 147 Å². The summed E-state index contributed by atoms with van der Waals surface area (Å²) in [4.78, 5) is 24.5. The van der Waals surface area contributed by atoms with Crippen LogP contribution in [0.2, 0.25) is 0 Å². The summed E-state index contributed by atoms with van der Waals surface area (Å²) in [7, 11) is 0. The monoisotopic (exact) mass is 342 g/mol. The molecule has 3 rings (SSSR count). The maximum Gasteiger partial charge on any atom is 0.341 e. The van der Waals surface area contributed by atoms with Crippen molar-refractivity contribution in [2.45, 2.75) is 45.3 Å². The van der Waals surface area contributed by atoms with Crippen LogP contribution in [0.3, 0.4) is 0 Å². The average Bonchev–Trinajstić information content (AvgIpc) is 3.16. The quantitative estimate of drug-likeness (QED) is 0.462. The molecule has 1 fully saturated rings. The maximum absolute atomic E-state index is 12.4. The summed E-state index contributed by atoms with van der Waals surface area (Å²) in [6.45, 7) is 7.91. The van der Waals surface area contributed by atoms with Crippen molar-refractivity contribution in [2.24, 2.45) is 5.92 Å². The van der Waals surface area contributed by atoms with E-state index in [1.54, 1.807) is 6.07 Å². The number of carbonyl (C=O) groups is 2. The van der Waals surface area contributed by atoms with E-state index in [1.165, 1.54) is 12.5 Å². The van der Waals surface area contributed by atoms with Crippen molar-refractivity contribution in [1.82, 2.24) is 0 Å². The highest BCUT2D eigenvalue weighted by molar-refractivity contribution is 5.92. The lowest BCUT2D eigenvalue weighted by molar-refractivity contribution is -0.137. The first-order valence-electron chi connectivity index (χ1n) is 8.41. The molecule has 1 saturated heterocycles. The minimum absolute atomic E-state index is 0.345. The third-order valence-corrected chi connectivity index (χ3v) is 4.68. The van der Waals surface area contributed by atoms with Crippen LogP contribution in [0.1, 0.15) is 43.5 Å². The molecule has 0 unspecified atom stereocenters. The van der Waals surface area contributed by atoms with Gasteiger partial charge in [0, 0.05) is 12.0 Å². The third-order valence-electron chi connectivity index (χ3n) is 4.68. The predicted molar refractivity (Wildman–Crippen MR) is 91.8 cm³/mol. The SMILES string of the molecule is C=C1C(=O)O[C@@H]2C=C(C)CC/C=C(\C)C[C@@H](OC(=O)c3ccoc3)[C@@H]12. The van der Waals surface area contributed by atoms with Crippen molar-refractivity contribution in [3.05, 3.63) is 59.6 Å². The molecule has 0 aromatic carbocycles. The highest BCUT2D eigenvalue weighted by Crippen LogP contribution is 2.36. The van der Waals surface area contributed by atoms with Gasteiger partial charge in [0.1, 0.15) is 18.5 Å². The largest absolute Gasteiger partial charge is 0.472 e. The van der Waals surface area contributed by atoms with Crippen molar-refractivity contribution in [1.29, 1.82) is 0 Å². The van der Waals surface area contributed by atoms with Gasteiger partial charge in [0.2, 0.25) is 0 Å². The van der Waals surface area contributed by atoms with E-state index in [1.807, 2.05) is 19.9 Å². The molecule has 1 aliphatic heterocycles. The molecule has 0 bridgehead atoms. The zero-order chi connectivity index (χ0) is 18.0. The minimum Gasteiger partial charge on any atom is -0.472 e. The highest BCUT2D eigenvalue weighted by Gasteiger charge is 2.44. The fourth-order valence-corrected chi connectivity index (χ4v) is 3.32. The van der Waals surface area contributed by atoms with E-state index in [0.717, 1.165) is 24.0 Å². The van der Waals surface area contributed by atoms with Crippen LogP contribution < -0.4 is 0 Å². The average molecular weight is 342 g/mol. The zero-order valence-electron chi connectivity index (χ0n) is 14.5. The Bertz CT molecular complexity index is 738. The molecule has 3 atom stereocenters. The first-order chi connectivity index (χ1) is 12.0. The fourth-order valence-electron chi connectivity index (χ4n) is 3.32. The van der Waals surface area contributed by atoms with Crippen molar-refractivity contribution >= 4 is 11.9 Å². The molecule has 5 nitrogen and oxygen atoms in total. The number of esters is 2. The molecule has 0 saturated carbocycles. The second-order valence-electron chi connectivity index (χ2n) is 6.68. The number of fused-ring (bicyclic) bond motifs is 1. The van der Waals surface area contributed by atoms with Crippen LogP contribution in [0.15, 0.2) is 58.5 Å². The second kappa shape index (κ2) is 7.13. The molecule has 5 heteroatoms. The van der Waals surface area contributed by atoms with E-state index in [4.69, 9.17) is 13.9 Å². The van der Waals surface area contributed by atoms with Crippen LogP contribution in [-0.4, -0.2) is 24.1 Å². The van der Waals surface area contributed by atoms with Gasteiger partial charge in [0.25, 0.3) is 0 Å². The number of rotatable bonds is 2. The van der Waals surface area contributed by atoms with Crippen LogP contribution in [-0.2, 0) is 14.3 Å². The van der Waals surface area contributed by atoms with Gasteiger partial charge in [-0.3, -0.25) is 0 Å².